The summed E-state index contributed by atoms with van der Waals surface area (Å²) in [5.41, 5.74) is 4.96. The van der Waals surface area contributed by atoms with E-state index in [0.29, 0.717) is 17.1 Å². The van der Waals surface area contributed by atoms with Gasteiger partial charge in [0, 0.05) is 12.1 Å². The molecule has 1 aromatic carbocycles. The molecule has 0 fully saturated rings. The average molecular weight is 282 g/mol. The van der Waals surface area contributed by atoms with Crippen LogP contribution in [-0.4, -0.2) is 37.3 Å². The van der Waals surface area contributed by atoms with E-state index in [-0.39, 0.29) is 6.54 Å². The van der Waals surface area contributed by atoms with E-state index in [1.807, 2.05) is 0 Å². The van der Waals surface area contributed by atoms with Gasteiger partial charge in [0.15, 0.2) is 0 Å². The average Bonchev–Trinajstić information content (AvgIpc) is 2.43. The van der Waals surface area contributed by atoms with Gasteiger partial charge in [-0.25, -0.2) is 0 Å². The molecule has 1 rings (SSSR count). The van der Waals surface area contributed by atoms with Crippen LogP contribution in [0.4, 0.5) is 0 Å². The van der Waals surface area contributed by atoms with Crippen LogP contribution in [-0.2, 0) is 4.79 Å². The maximum Gasteiger partial charge on any atom is 0.237 e. The summed E-state index contributed by atoms with van der Waals surface area (Å²) in [6.45, 7) is 3.48. The molecule has 0 saturated heterocycles. The Balaban J connectivity index is 2.86. The summed E-state index contributed by atoms with van der Waals surface area (Å²) in [6.07, 6.45) is -0.848. The number of rotatable bonds is 7. The van der Waals surface area contributed by atoms with E-state index in [4.69, 9.17) is 15.2 Å². The van der Waals surface area contributed by atoms with Crippen LogP contribution < -0.4 is 20.5 Å². The van der Waals surface area contributed by atoms with Gasteiger partial charge in [-0.2, -0.15) is 0 Å². The van der Waals surface area contributed by atoms with E-state index in [0.717, 1.165) is 0 Å². The lowest BCUT2D eigenvalue weighted by atomic mass is 10.0. The van der Waals surface area contributed by atoms with Crippen molar-refractivity contribution in [1.82, 2.24) is 5.32 Å². The first-order valence-electron chi connectivity index (χ1n) is 6.26. The minimum atomic E-state index is -0.896. The summed E-state index contributed by atoms with van der Waals surface area (Å²) in [5, 5.41) is 13.2. The largest absolute Gasteiger partial charge is 0.497 e. The van der Waals surface area contributed by atoms with Crippen molar-refractivity contribution < 1.29 is 19.4 Å². The van der Waals surface area contributed by atoms with Gasteiger partial charge in [0.05, 0.1) is 25.9 Å². The summed E-state index contributed by atoms with van der Waals surface area (Å²) in [4.78, 5) is 11.2. The van der Waals surface area contributed by atoms with Gasteiger partial charge in [-0.3, -0.25) is 4.79 Å². The van der Waals surface area contributed by atoms with Gasteiger partial charge >= 0.3 is 0 Å². The highest BCUT2D eigenvalue weighted by molar-refractivity contribution is 5.83. The zero-order valence-electron chi connectivity index (χ0n) is 12.3. The van der Waals surface area contributed by atoms with Crippen LogP contribution in [0.1, 0.15) is 25.5 Å². The van der Waals surface area contributed by atoms with Crippen molar-refractivity contribution in [3.8, 4) is 11.5 Å². The van der Waals surface area contributed by atoms with Crippen molar-refractivity contribution in [3.05, 3.63) is 23.8 Å². The first kappa shape index (κ1) is 16.3. The van der Waals surface area contributed by atoms with Crippen molar-refractivity contribution in [2.24, 2.45) is 5.73 Å². The Kier molecular flexibility index (Phi) is 5.35. The lowest BCUT2D eigenvalue weighted by Crippen LogP contribution is -2.51. The number of nitrogens with one attached hydrogen (secondary N) is 1. The number of methoxy groups -OCH3 is 2. The van der Waals surface area contributed by atoms with Gasteiger partial charge in [0.1, 0.15) is 11.5 Å². The highest BCUT2D eigenvalue weighted by Crippen LogP contribution is 2.29. The van der Waals surface area contributed by atoms with Crippen LogP contribution in [0.25, 0.3) is 0 Å². The van der Waals surface area contributed by atoms with Gasteiger partial charge in [-0.15, -0.1) is 0 Å². The van der Waals surface area contributed by atoms with Crippen molar-refractivity contribution in [2.45, 2.75) is 25.5 Å². The molecule has 112 valence electrons. The molecule has 0 aliphatic heterocycles. The molecule has 0 aromatic heterocycles. The second-order valence-electron chi connectivity index (χ2n) is 4.99. The van der Waals surface area contributed by atoms with Gasteiger partial charge in [-0.1, -0.05) is 0 Å². The number of aliphatic hydroxyl groups excluding tert-OH is 1. The number of aliphatic hydroxyl groups is 1. The summed E-state index contributed by atoms with van der Waals surface area (Å²) in [7, 11) is 3.07. The Labute approximate surface area is 118 Å². The van der Waals surface area contributed by atoms with Crippen molar-refractivity contribution in [1.29, 1.82) is 0 Å². The van der Waals surface area contributed by atoms with E-state index in [1.165, 1.54) is 7.11 Å². The number of primary amides is 1. The fourth-order valence-corrected chi connectivity index (χ4v) is 1.65. The Bertz CT molecular complexity index is 474. The minimum Gasteiger partial charge on any atom is -0.497 e. The molecule has 0 bridgehead atoms. The first-order chi connectivity index (χ1) is 9.31. The number of hydrogen-bond donors (Lipinski definition) is 3. The van der Waals surface area contributed by atoms with E-state index in [1.54, 1.807) is 39.2 Å². The van der Waals surface area contributed by atoms with E-state index < -0.39 is 17.6 Å². The monoisotopic (exact) mass is 282 g/mol. The van der Waals surface area contributed by atoms with Crippen molar-refractivity contribution >= 4 is 5.91 Å². The Morgan fingerprint density at radius 1 is 1.40 bits per heavy atom. The van der Waals surface area contributed by atoms with Gasteiger partial charge in [-0.05, 0) is 32.0 Å². The van der Waals surface area contributed by atoms with Crippen molar-refractivity contribution in [3.63, 3.8) is 0 Å². The third-order valence-corrected chi connectivity index (χ3v) is 3.15. The Hall–Kier alpha value is -1.79. The lowest BCUT2D eigenvalue weighted by molar-refractivity contribution is -0.123. The smallest absolute Gasteiger partial charge is 0.237 e. The highest BCUT2D eigenvalue weighted by atomic mass is 16.5. The molecule has 0 radical (unpaired) electrons. The first-order valence-corrected chi connectivity index (χ1v) is 6.26. The fourth-order valence-electron chi connectivity index (χ4n) is 1.65. The summed E-state index contributed by atoms with van der Waals surface area (Å²) in [5.74, 6) is 0.688. The molecular weight excluding hydrogens is 260 g/mol. The number of hydrogen-bond acceptors (Lipinski definition) is 5. The SMILES string of the molecule is COc1ccc(OC)c(C(O)CNC(C)(C)C(N)=O)c1. The van der Waals surface area contributed by atoms with Crippen LogP contribution in [0.5, 0.6) is 11.5 Å². The highest BCUT2D eigenvalue weighted by Gasteiger charge is 2.26. The van der Waals surface area contributed by atoms with Crippen molar-refractivity contribution in [2.75, 3.05) is 20.8 Å². The number of β-amino-alcohol motifs (C(OH)–C–C–N with tert-alkyl or cyclic N) is 1. The molecule has 6 nitrogen and oxygen atoms in total. The third-order valence-electron chi connectivity index (χ3n) is 3.15. The van der Waals surface area contributed by atoms with Crippen LogP contribution in [0, 0.1) is 0 Å². The molecule has 0 aliphatic rings. The normalized spacial score (nSPS) is 12.8. The summed E-state index contributed by atoms with van der Waals surface area (Å²) in [6, 6.07) is 5.16. The maximum atomic E-state index is 11.2. The molecule has 0 aliphatic carbocycles. The van der Waals surface area contributed by atoms with Crippen LogP contribution >= 0.6 is 0 Å². The van der Waals surface area contributed by atoms with Gasteiger partial charge in [0.2, 0.25) is 5.91 Å². The second-order valence-corrected chi connectivity index (χ2v) is 4.99. The molecule has 0 heterocycles. The second kappa shape index (κ2) is 6.58. The molecule has 4 N–H and O–H groups in total. The number of benzene rings is 1. The van der Waals surface area contributed by atoms with Gasteiger partial charge < -0.3 is 25.6 Å². The quantitative estimate of drug-likeness (QED) is 0.680. The van der Waals surface area contributed by atoms with Crippen LogP contribution in [0.15, 0.2) is 18.2 Å². The number of amides is 1. The fraction of sp³-hybridized carbons (Fsp3) is 0.500. The number of nitrogens with two attached hydrogens (primary N) is 1. The molecular formula is C14H22N2O4. The Morgan fingerprint density at radius 2 is 2.05 bits per heavy atom. The molecule has 0 spiro atoms. The van der Waals surface area contributed by atoms with Crippen LogP contribution in [0.2, 0.25) is 0 Å². The number of ether oxygens (including phenoxy) is 2. The van der Waals surface area contributed by atoms with E-state index in [9.17, 15) is 9.90 Å². The molecule has 6 heteroatoms. The zero-order valence-corrected chi connectivity index (χ0v) is 12.3. The summed E-state index contributed by atoms with van der Waals surface area (Å²) >= 11 is 0. The van der Waals surface area contributed by atoms with Crippen LogP contribution in [0.3, 0.4) is 0 Å². The molecule has 20 heavy (non-hydrogen) atoms. The number of carbonyl (C=O) groups excluding carboxylic acids is 1. The lowest BCUT2D eigenvalue weighted by Gasteiger charge is -2.25. The molecule has 1 atom stereocenters. The third kappa shape index (κ3) is 3.85. The molecule has 0 saturated carbocycles. The zero-order chi connectivity index (χ0) is 15.3. The van der Waals surface area contributed by atoms with E-state index >= 15 is 0 Å². The molecule has 1 amide bonds. The number of carbonyl (C=O) groups is 1. The molecule has 1 aromatic rings. The topological polar surface area (TPSA) is 93.8 Å². The van der Waals surface area contributed by atoms with Gasteiger partial charge in [0.25, 0.3) is 0 Å². The minimum absolute atomic E-state index is 0.166. The predicted molar refractivity (Wildman–Crippen MR) is 75.8 cm³/mol. The summed E-state index contributed by atoms with van der Waals surface area (Å²) < 4.78 is 10.3. The maximum absolute atomic E-state index is 11.2. The van der Waals surface area contributed by atoms with E-state index in [2.05, 4.69) is 5.32 Å². The Morgan fingerprint density at radius 3 is 2.55 bits per heavy atom. The standard InChI is InChI=1S/C14H22N2O4/c1-14(2,13(15)18)16-8-11(17)10-7-9(19-3)5-6-12(10)20-4/h5-7,11,16-17H,8H2,1-4H3,(H2,15,18). The predicted octanol–water partition coefficient (Wildman–Crippen LogP) is 0.591. The molecule has 1 unspecified atom stereocenters.